The standard InChI is InChI=1S/C13H14N4O6/c1-7-9-5-8(6-14-11(9)23-15-7)12(18)16(20)17(21)13(19)10-3-2-4-22-10/h5-6,10,20-21H,2-4H2,1H3. The van der Waals surface area contributed by atoms with Gasteiger partial charge in [0.15, 0.2) is 0 Å². The van der Waals surface area contributed by atoms with Crippen molar-refractivity contribution < 1.29 is 29.3 Å². The van der Waals surface area contributed by atoms with Gasteiger partial charge in [0, 0.05) is 12.8 Å². The minimum atomic E-state index is -1.03. The van der Waals surface area contributed by atoms with Crippen LogP contribution < -0.4 is 0 Å². The normalized spacial score (nSPS) is 17.4. The molecule has 1 aliphatic heterocycles. The Morgan fingerprint density at radius 2 is 2.13 bits per heavy atom. The second-order valence-electron chi connectivity index (χ2n) is 5.07. The fraction of sp³-hybridized carbons (Fsp3) is 0.385. The molecule has 0 radical (unpaired) electrons. The zero-order valence-electron chi connectivity index (χ0n) is 12.2. The number of hydrogen-bond acceptors (Lipinski definition) is 8. The first-order valence-electron chi connectivity index (χ1n) is 6.88. The van der Waals surface area contributed by atoms with Crippen LogP contribution in [0.1, 0.15) is 28.9 Å². The number of carbonyl (C=O) groups excluding carboxylic acids is 2. The molecule has 2 aromatic heterocycles. The fourth-order valence-electron chi connectivity index (χ4n) is 2.26. The lowest BCUT2D eigenvalue weighted by Crippen LogP contribution is -2.49. The lowest BCUT2D eigenvalue weighted by molar-refractivity contribution is -0.316. The van der Waals surface area contributed by atoms with Gasteiger partial charge < -0.3 is 9.26 Å². The average Bonchev–Trinajstić information content (AvgIpc) is 3.22. The van der Waals surface area contributed by atoms with Crippen LogP contribution in [0.4, 0.5) is 0 Å². The van der Waals surface area contributed by atoms with E-state index in [4.69, 9.17) is 9.26 Å². The summed E-state index contributed by atoms with van der Waals surface area (Å²) < 4.78 is 10.0. The van der Waals surface area contributed by atoms with Gasteiger partial charge in [0.05, 0.1) is 16.6 Å². The van der Waals surface area contributed by atoms with Crippen molar-refractivity contribution in [2.45, 2.75) is 25.9 Å². The Bertz CT molecular complexity index is 754. The van der Waals surface area contributed by atoms with Gasteiger partial charge in [0.1, 0.15) is 6.10 Å². The Morgan fingerprint density at radius 1 is 1.35 bits per heavy atom. The molecule has 3 rings (SSSR count). The topological polar surface area (TPSA) is 129 Å². The van der Waals surface area contributed by atoms with Crippen LogP contribution in [0.3, 0.4) is 0 Å². The first-order valence-corrected chi connectivity index (χ1v) is 6.88. The summed E-state index contributed by atoms with van der Waals surface area (Å²) in [6, 6.07) is 1.39. The highest BCUT2D eigenvalue weighted by atomic mass is 16.7. The number of aromatic nitrogens is 2. The molecule has 2 aromatic rings. The van der Waals surface area contributed by atoms with Crippen molar-refractivity contribution in [1.82, 2.24) is 20.5 Å². The number of hydrogen-bond donors (Lipinski definition) is 2. The number of amides is 2. The Hall–Kier alpha value is -2.56. The Balaban J connectivity index is 1.79. The molecule has 1 aliphatic rings. The number of ether oxygens (including phenoxy) is 1. The monoisotopic (exact) mass is 322 g/mol. The van der Waals surface area contributed by atoms with Gasteiger partial charge >= 0.3 is 5.91 Å². The molecular formula is C13H14N4O6. The molecule has 23 heavy (non-hydrogen) atoms. The molecule has 2 amide bonds. The van der Waals surface area contributed by atoms with Crippen LogP contribution in [0.2, 0.25) is 0 Å². The number of carbonyl (C=O) groups is 2. The molecule has 0 aromatic carbocycles. The van der Waals surface area contributed by atoms with Crippen molar-refractivity contribution in [3.05, 3.63) is 23.5 Å². The Morgan fingerprint density at radius 3 is 2.83 bits per heavy atom. The molecule has 122 valence electrons. The summed E-state index contributed by atoms with van der Waals surface area (Å²) in [6.45, 7) is 2.05. The lowest BCUT2D eigenvalue weighted by Gasteiger charge is -2.24. The summed E-state index contributed by atoms with van der Waals surface area (Å²) >= 11 is 0. The predicted octanol–water partition coefficient (Wildman–Crippen LogP) is 0.674. The molecule has 0 bridgehead atoms. The van der Waals surface area contributed by atoms with Crippen molar-refractivity contribution in [1.29, 1.82) is 0 Å². The van der Waals surface area contributed by atoms with Crippen LogP contribution in [0.25, 0.3) is 11.1 Å². The Kier molecular flexibility index (Phi) is 3.94. The number of hydroxylamine groups is 2. The third kappa shape index (κ3) is 2.74. The zero-order chi connectivity index (χ0) is 16.6. The molecular weight excluding hydrogens is 308 g/mol. The minimum Gasteiger partial charge on any atom is -0.368 e. The largest absolute Gasteiger partial charge is 0.368 e. The van der Waals surface area contributed by atoms with Gasteiger partial charge in [0.25, 0.3) is 11.6 Å². The average molecular weight is 322 g/mol. The summed E-state index contributed by atoms with van der Waals surface area (Å²) in [7, 11) is 0. The van der Waals surface area contributed by atoms with Crippen LogP contribution in [0.15, 0.2) is 16.8 Å². The van der Waals surface area contributed by atoms with Gasteiger partial charge in [-0.15, -0.1) is 0 Å². The summed E-state index contributed by atoms with van der Waals surface area (Å²) in [5.74, 6) is -1.96. The summed E-state index contributed by atoms with van der Waals surface area (Å²) in [4.78, 5) is 28.0. The third-order valence-corrected chi connectivity index (χ3v) is 3.52. The van der Waals surface area contributed by atoms with Gasteiger partial charge in [-0.2, -0.15) is 0 Å². The van der Waals surface area contributed by atoms with Gasteiger partial charge in [-0.25, -0.2) is 4.98 Å². The van der Waals surface area contributed by atoms with E-state index < -0.39 is 17.9 Å². The number of fused-ring (bicyclic) bond motifs is 1. The third-order valence-electron chi connectivity index (χ3n) is 3.52. The van der Waals surface area contributed by atoms with Crippen molar-refractivity contribution in [3.8, 4) is 0 Å². The number of aryl methyl sites for hydroxylation is 1. The number of hydrazine groups is 1. The summed E-state index contributed by atoms with van der Waals surface area (Å²) in [5, 5.41) is 23.3. The van der Waals surface area contributed by atoms with Crippen LogP contribution >= 0.6 is 0 Å². The maximum absolute atomic E-state index is 12.2. The molecule has 0 aliphatic carbocycles. The summed E-state index contributed by atoms with van der Waals surface area (Å²) in [6.07, 6.45) is 1.33. The van der Waals surface area contributed by atoms with E-state index in [0.717, 1.165) is 6.20 Å². The van der Waals surface area contributed by atoms with Gasteiger partial charge in [-0.05, 0) is 25.8 Å². The van der Waals surface area contributed by atoms with E-state index in [2.05, 4.69) is 10.1 Å². The van der Waals surface area contributed by atoms with Crippen molar-refractivity contribution in [2.75, 3.05) is 6.61 Å². The first kappa shape index (κ1) is 15.3. The number of nitrogens with zero attached hydrogens (tertiary/aromatic N) is 4. The number of rotatable bonds is 2. The second-order valence-corrected chi connectivity index (χ2v) is 5.07. The smallest absolute Gasteiger partial charge is 0.301 e. The highest BCUT2D eigenvalue weighted by Gasteiger charge is 2.33. The van der Waals surface area contributed by atoms with E-state index in [-0.39, 0.29) is 21.6 Å². The number of pyridine rings is 1. The highest BCUT2D eigenvalue weighted by Crippen LogP contribution is 2.19. The van der Waals surface area contributed by atoms with Gasteiger partial charge in [-0.3, -0.25) is 20.0 Å². The molecule has 10 nitrogen and oxygen atoms in total. The second kappa shape index (κ2) is 5.91. The predicted molar refractivity (Wildman–Crippen MR) is 72.1 cm³/mol. The van der Waals surface area contributed by atoms with Crippen molar-refractivity contribution in [2.24, 2.45) is 0 Å². The van der Waals surface area contributed by atoms with Crippen LogP contribution in [-0.2, 0) is 9.53 Å². The maximum Gasteiger partial charge on any atom is 0.301 e. The first-order chi connectivity index (χ1) is 11.0. The van der Waals surface area contributed by atoms with E-state index in [0.29, 0.717) is 30.5 Å². The molecule has 3 heterocycles. The van der Waals surface area contributed by atoms with E-state index in [1.54, 1.807) is 6.92 Å². The SMILES string of the molecule is Cc1noc2ncc(C(=O)N(O)N(O)C(=O)C3CCCO3)cc12. The molecule has 1 fully saturated rings. The molecule has 0 spiro atoms. The molecule has 10 heteroatoms. The van der Waals surface area contributed by atoms with Gasteiger partial charge in [-0.1, -0.05) is 15.5 Å². The lowest BCUT2D eigenvalue weighted by atomic mass is 10.2. The Labute approximate surface area is 129 Å². The fourth-order valence-corrected chi connectivity index (χ4v) is 2.26. The van der Waals surface area contributed by atoms with Crippen molar-refractivity contribution in [3.63, 3.8) is 0 Å². The maximum atomic E-state index is 12.2. The quantitative estimate of drug-likeness (QED) is 0.610. The molecule has 0 saturated carbocycles. The van der Waals surface area contributed by atoms with Crippen LogP contribution in [-0.4, -0.2) is 55.4 Å². The van der Waals surface area contributed by atoms with Gasteiger partial charge in [0.2, 0.25) is 0 Å². The van der Waals surface area contributed by atoms with Crippen LogP contribution in [0, 0.1) is 6.92 Å². The highest BCUT2D eigenvalue weighted by molar-refractivity contribution is 5.97. The zero-order valence-corrected chi connectivity index (χ0v) is 12.2. The van der Waals surface area contributed by atoms with E-state index in [1.807, 2.05) is 0 Å². The van der Waals surface area contributed by atoms with E-state index in [9.17, 15) is 20.0 Å². The molecule has 1 saturated heterocycles. The molecule has 1 atom stereocenters. The summed E-state index contributed by atoms with van der Waals surface area (Å²) in [5.41, 5.74) is 0.702. The molecule has 1 unspecified atom stereocenters. The van der Waals surface area contributed by atoms with Crippen molar-refractivity contribution >= 4 is 22.9 Å². The van der Waals surface area contributed by atoms with E-state index >= 15 is 0 Å². The van der Waals surface area contributed by atoms with E-state index in [1.165, 1.54) is 6.07 Å². The van der Waals surface area contributed by atoms with Crippen LogP contribution in [0.5, 0.6) is 0 Å². The molecule has 2 N–H and O–H groups in total. The minimum absolute atomic E-state index is 0.0505.